The second-order valence-electron chi connectivity index (χ2n) is 3.72. The zero-order valence-electron chi connectivity index (χ0n) is 8.25. The molecule has 1 heterocycles. The Morgan fingerprint density at radius 3 is 2.77 bits per heavy atom. The van der Waals surface area contributed by atoms with Crippen molar-refractivity contribution in [3.8, 4) is 0 Å². The van der Waals surface area contributed by atoms with Crippen molar-refractivity contribution in [1.82, 2.24) is 5.32 Å². The van der Waals surface area contributed by atoms with Gasteiger partial charge in [-0.05, 0) is 13.3 Å². The lowest BCUT2D eigenvalue weighted by Crippen LogP contribution is -2.43. The van der Waals surface area contributed by atoms with E-state index in [0.29, 0.717) is 6.61 Å². The highest BCUT2D eigenvalue weighted by Crippen LogP contribution is 2.06. The van der Waals surface area contributed by atoms with Crippen molar-refractivity contribution in [3.05, 3.63) is 0 Å². The largest absolute Gasteiger partial charge is 0.379 e. The molecule has 13 heavy (non-hydrogen) atoms. The summed E-state index contributed by atoms with van der Waals surface area (Å²) in [5.74, 6) is -0.0916. The highest BCUT2D eigenvalue weighted by molar-refractivity contribution is 5.79. The van der Waals surface area contributed by atoms with E-state index >= 15 is 0 Å². The molecule has 0 spiro atoms. The molecule has 0 aliphatic carbocycles. The van der Waals surface area contributed by atoms with E-state index in [0.717, 1.165) is 13.0 Å². The van der Waals surface area contributed by atoms with E-state index in [1.54, 1.807) is 0 Å². The molecule has 1 aliphatic rings. The SMILES string of the molecule is CC(N)C(C)C(=O)NC1CCOC1. The van der Waals surface area contributed by atoms with Crippen LogP contribution in [0, 0.1) is 5.92 Å². The van der Waals surface area contributed by atoms with Crippen LogP contribution in [-0.4, -0.2) is 31.2 Å². The van der Waals surface area contributed by atoms with Crippen molar-refractivity contribution < 1.29 is 9.53 Å². The third-order valence-electron chi connectivity index (χ3n) is 2.48. The van der Waals surface area contributed by atoms with Crippen LogP contribution in [0.3, 0.4) is 0 Å². The Labute approximate surface area is 78.8 Å². The van der Waals surface area contributed by atoms with Gasteiger partial charge in [0.25, 0.3) is 0 Å². The Balaban J connectivity index is 2.31. The Bertz CT molecular complexity index is 176. The Morgan fingerprint density at radius 1 is 1.62 bits per heavy atom. The Kier molecular flexibility index (Phi) is 3.69. The number of nitrogens with two attached hydrogens (primary N) is 1. The van der Waals surface area contributed by atoms with Crippen LogP contribution in [0.15, 0.2) is 0 Å². The highest BCUT2D eigenvalue weighted by atomic mass is 16.5. The third kappa shape index (κ3) is 2.97. The molecule has 1 fully saturated rings. The predicted molar refractivity (Wildman–Crippen MR) is 50.2 cm³/mol. The van der Waals surface area contributed by atoms with Crippen molar-refractivity contribution in [2.75, 3.05) is 13.2 Å². The molecule has 4 nitrogen and oxygen atoms in total. The molecule has 76 valence electrons. The van der Waals surface area contributed by atoms with E-state index < -0.39 is 0 Å². The number of rotatable bonds is 3. The maximum Gasteiger partial charge on any atom is 0.224 e. The average molecular weight is 186 g/mol. The van der Waals surface area contributed by atoms with Gasteiger partial charge in [-0.2, -0.15) is 0 Å². The standard InChI is InChI=1S/C9H18N2O2/c1-6(7(2)10)9(12)11-8-3-4-13-5-8/h6-8H,3-5,10H2,1-2H3,(H,11,12). The Hall–Kier alpha value is -0.610. The topological polar surface area (TPSA) is 64.4 Å². The zero-order valence-corrected chi connectivity index (χ0v) is 8.25. The monoisotopic (exact) mass is 186 g/mol. The van der Waals surface area contributed by atoms with Gasteiger partial charge in [0.1, 0.15) is 0 Å². The minimum Gasteiger partial charge on any atom is -0.379 e. The smallest absolute Gasteiger partial charge is 0.224 e. The molecule has 3 N–H and O–H groups in total. The average Bonchev–Trinajstić information content (AvgIpc) is 2.55. The quantitative estimate of drug-likeness (QED) is 0.645. The summed E-state index contributed by atoms with van der Waals surface area (Å²) in [6.07, 6.45) is 0.914. The van der Waals surface area contributed by atoms with Gasteiger partial charge in [-0.25, -0.2) is 0 Å². The van der Waals surface area contributed by atoms with Crippen molar-refractivity contribution >= 4 is 5.91 Å². The van der Waals surface area contributed by atoms with Gasteiger partial charge in [-0.15, -0.1) is 0 Å². The maximum absolute atomic E-state index is 11.5. The molecule has 1 saturated heterocycles. The molecule has 3 atom stereocenters. The molecule has 1 aliphatic heterocycles. The predicted octanol–water partition coefficient (Wildman–Crippen LogP) is -0.125. The fourth-order valence-corrected chi connectivity index (χ4v) is 1.22. The van der Waals surface area contributed by atoms with Gasteiger partial charge in [0.2, 0.25) is 5.91 Å². The van der Waals surface area contributed by atoms with E-state index in [2.05, 4.69) is 5.32 Å². The zero-order chi connectivity index (χ0) is 9.84. The van der Waals surface area contributed by atoms with Crippen molar-refractivity contribution in [2.45, 2.75) is 32.4 Å². The molecule has 4 heteroatoms. The minimum atomic E-state index is -0.124. The minimum absolute atomic E-state index is 0.0329. The van der Waals surface area contributed by atoms with Crippen LogP contribution in [0.1, 0.15) is 20.3 Å². The highest BCUT2D eigenvalue weighted by Gasteiger charge is 2.22. The molecule has 0 aromatic carbocycles. The molecular formula is C9H18N2O2. The number of carbonyl (C=O) groups is 1. The molecule has 3 unspecified atom stereocenters. The summed E-state index contributed by atoms with van der Waals surface area (Å²) in [7, 11) is 0. The van der Waals surface area contributed by atoms with Crippen LogP contribution < -0.4 is 11.1 Å². The van der Waals surface area contributed by atoms with Gasteiger partial charge < -0.3 is 15.8 Å². The molecule has 0 bridgehead atoms. The van der Waals surface area contributed by atoms with Crippen molar-refractivity contribution in [2.24, 2.45) is 11.7 Å². The van der Waals surface area contributed by atoms with Gasteiger partial charge in [0.05, 0.1) is 12.6 Å². The van der Waals surface area contributed by atoms with Crippen molar-refractivity contribution in [1.29, 1.82) is 0 Å². The second-order valence-corrected chi connectivity index (χ2v) is 3.72. The first-order chi connectivity index (χ1) is 6.11. The number of hydrogen-bond acceptors (Lipinski definition) is 3. The summed E-state index contributed by atoms with van der Waals surface area (Å²) in [6, 6.07) is 0.0935. The summed E-state index contributed by atoms with van der Waals surface area (Å²) in [5.41, 5.74) is 5.62. The van der Waals surface area contributed by atoms with Gasteiger partial charge in [0.15, 0.2) is 0 Å². The first-order valence-electron chi connectivity index (χ1n) is 4.75. The molecular weight excluding hydrogens is 168 g/mol. The van der Waals surface area contributed by atoms with E-state index in [-0.39, 0.29) is 23.9 Å². The molecule has 1 rings (SSSR count). The van der Waals surface area contributed by atoms with Gasteiger partial charge in [-0.1, -0.05) is 6.92 Å². The fraction of sp³-hybridized carbons (Fsp3) is 0.889. The summed E-state index contributed by atoms with van der Waals surface area (Å²) < 4.78 is 5.15. The van der Waals surface area contributed by atoms with E-state index in [9.17, 15) is 4.79 Å². The first-order valence-corrected chi connectivity index (χ1v) is 4.75. The van der Waals surface area contributed by atoms with Gasteiger partial charge in [-0.3, -0.25) is 4.79 Å². The van der Waals surface area contributed by atoms with E-state index in [1.807, 2.05) is 13.8 Å². The third-order valence-corrected chi connectivity index (χ3v) is 2.48. The summed E-state index contributed by atoms with van der Waals surface area (Å²) in [6.45, 7) is 5.07. The molecule has 0 radical (unpaired) electrons. The maximum atomic E-state index is 11.5. The van der Waals surface area contributed by atoms with E-state index in [1.165, 1.54) is 0 Å². The molecule has 0 aromatic rings. The summed E-state index contributed by atoms with van der Waals surface area (Å²) in [5, 5.41) is 2.92. The van der Waals surface area contributed by atoms with Crippen LogP contribution in [0.2, 0.25) is 0 Å². The second kappa shape index (κ2) is 4.58. The number of nitrogens with one attached hydrogen (secondary N) is 1. The normalized spacial score (nSPS) is 26.8. The van der Waals surface area contributed by atoms with Gasteiger partial charge >= 0.3 is 0 Å². The van der Waals surface area contributed by atoms with Crippen LogP contribution in [0.5, 0.6) is 0 Å². The number of ether oxygens (including phenoxy) is 1. The number of amides is 1. The van der Waals surface area contributed by atoms with Crippen LogP contribution in [-0.2, 0) is 9.53 Å². The van der Waals surface area contributed by atoms with Crippen molar-refractivity contribution in [3.63, 3.8) is 0 Å². The van der Waals surface area contributed by atoms with Crippen LogP contribution >= 0.6 is 0 Å². The summed E-state index contributed by atoms with van der Waals surface area (Å²) >= 11 is 0. The lowest BCUT2D eigenvalue weighted by molar-refractivity contribution is -0.125. The lowest BCUT2D eigenvalue weighted by atomic mass is 10.0. The molecule has 0 aromatic heterocycles. The number of carbonyl (C=O) groups excluding carboxylic acids is 1. The first kappa shape index (κ1) is 10.5. The van der Waals surface area contributed by atoms with Crippen LogP contribution in [0.4, 0.5) is 0 Å². The molecule has 1 amide bonds. The Morgan fingerprint density at radius 2 is 2.31 bits per heavy atom. The summed E-state index contributed by atoms with van der Waals surface area (Å²) in [4.78, 5) is 11.5. The van der Waals surface area contributed by atoms with Gasteiger partial charge in [0, 0.05) is 18.6 Å². The fourth-order valence-electron chi connectivity index (χ4n) is 1.22. The number of hydrogen-bond donors (Lipinski definition) is 2. The van der Waals surface area contributed by atoms with E-state index in [4.69, 9.17) is 10.5 Å². The van der Waals surface area contributed by atoms with Crippen LogP contribution in [0.25, 0.3) is 0 Å². The molecule has 0 saturated carbocycles. The lowest BCUT2D eigenvalue weighted by Gasteiger charge is -2.18.